The molecule has 3 heterocycles. The number of rotatable bonds is 2. The van der Waals surface area contributed by atoms with Gasteiger partial charge in [0.15, 0.2) is 17.3 Å². The quantitative estimate of drug-likeness (QED) is 0.707. The highest BCUT2D eigenvalue weighted by Crippen LogP contribution is 2.41. The van der Waals surface area contributed by atoms with Gasteiger partial charge in [0.1, 0.15) is 5.82 Å². The Morgan fingerprint density at radius 2 is 2.04 bits per heavy atom. The van der Waals surface area contributed by atoms with Crippen LogP contribution in [0.15, 0.2) is 24.5 Å². The summed E-state index contributed by atoms with van der Waals surface area (Å²) in [6.07, 6.45) is 3.30. The van der Waals surface area contributed by atoms with Gasteiger partial charge in [-0.05, 0) is 31.5 Å². The first-order valence-corrected chi connectivity index (χ1v) is 7.54. The highest BCUT2D eigenvalue weighted by Gasteiger charge is 2.39. The van der Waals surface area contributed by atoms with Crippen molar-refractivity contribution in [2.45, 2.75) is 19.4 Å². The molecule has 7 heteroatoms. The summed E-state index contributed by atoms with van der Waals surface area (Å²) in [6.45, 7) is 4.55. The van der Waals surface area contributed by atoms with Crippen LogP contribution in [-0.2, 0) is 10.3 Å². The number of hydrogen-bond donors (Lipinski definition) is 2. The topological polar surface area (TPSA) is 80.4 Å². The summed E-state index contributed by atoms with van der Waals surface area (Å²) >= 11 is 0. The molecule has 1 aliphatic rings. The van der Waals surface area contributed by atoms with Crippen LogP contribution in [0.25, 0.3) is 22.4 Å². The number of pyridine rings is 1. The minimum atomic E-state index is -0.897. The van der Waals surface area contributed by atoms with Gasteiger partial charge in [-0.1, -0.05) is 0 Å². The van der Waals surface area contributed by atoms with Crippen molar-refractivity contribution in [3.63, 3.8) is 0 Å². The molecule has 1 fully saturated rings. The van der Waals surface area contributed by atoms with Crippen molar-refractivity contribution in [1.82, 2.24) is 14.5 Å². The molecule has 6 nitrogen and oxygen atoms in total. The summed E-state index contributed by atoms with van der Waals surface area (Å²) in [5.74, 6) is -1.75. The molecule has 0 radical (unpaired) electrons. The summed E-state index contributed by atoms with van der Waals surface area (Å²) in [6, 6.07) is 3.24. The number of hydrogen-bond acceptors (Lipinski definition) is 5. The normalized spacial score (nSPS) is 16.3. The van der Waals surface area contributed by atoms with E-state index in [-0.39, 0.29) is 11.1 Å². The monoisotopic (exact) mass is 329 g/mol. The van der Waals surface area contributed by atoms with Crippen LogP contribution < -0.4 is 0 Å². The Kier molecular flexibility index (Phi) is 3.05. The van der Waals surface area contributed by atoms with Crippen molar-refractivity contribution < 1.29 is 19.3 Å². The van der Waals surface area contributed by atoms with E-state index in [0.717, 1.165) is 5.52 Å². The Hall–Kier alpha value is -2.67. The molecular formula is C17H16FN3O3. The smallest absolute Gasteiger partial charge is 0.195 e. The van der Waals surface area contributed by atoms with Gasteiger partial charge < -0.3 is 19.5 Å². The number of aromatic nitrogens is 3. The fourth-order valence-corrected chi connectivity index (χ4v) is 3.11. The van der Waals surface area contributed by atoms with Crippen LogP contribution in [0.1, 0.15) is 12.5 Å². The van der Waals surface area contributed by atoms with E-state index < -0.39 is 17.3 Å². The van der Waals surface area contributed by atoms with Gasteiger partial charge in [0, 0.05) is 6.20 Å². The minimum Gasteiger partial charge on any atom is -0.504 e. The molecular weight excluding hydrogens is 313 g/mol. The van der Waals surface area contributed by atoms with Crippen molar-refractivity contribution >= 4 is 11.0 Å². The second kappa shape index (κ2) is 4.91. The summed E-state index contributed by atoms with van der Waals surface area (Å²) in [4.78, 5) is 8.68. The van der Waals surface area contributed by atoms with E-state index in [1.165, 1.54) is 6.07 Å². The lowest BCUT2D eigenvalue weighted by atomic mass is 9.98. The van der Waals surface area contributed by atoms with Crippen LogP contribution in [0.2, 0.25) is 0 Å². The highest BCUT2D eigenvalue weighted by molar-refractivity contribution is 5.81. The third kappa shape index (κ3) is 1.91. The second-order valence-electron chi connectivity index (χ2n) is 6.38. The Bertz CT molecular complexity index is 963. The molecule has 2 N–H and O–H groups in total. The molecule has 0 amide bonds. The van der Waals surface area contributed by atoms with Gasteiger partial charge in [-0.25, -0.2) is 9.37 Å². The van der Waals surface area contributed by atoms with Gasteiger partial charge in [0.25, 0.3) is 0 Å². The van der Waals surface area contributed by atoms with Crippen LogP contribution in [0.5, 0.6) is 11.5 Å². The second-order valence-corrected chi connectivity index (χ2v) is 6.38. The molecule has 3 aromatic rings. The van der Waals surface area contributed by atoms with Crippen molar-refractivity contribution in [2.75, 3.05) is 13.2 Å². The molecule has 124 valence electrons. The van der Waals surface area contributed by atoms with Crippen LogP contribution in [0, 0.1) is 12.7 Å². The third-order valence-electron chi connectivity index (χ3n) is 4.47. The molecule has 0 spiro atoms. The Morgan fingerprint density at radius 1 is 1.29 bits per heavy atom. The van der Waals surface area contributed by atoms with Gasteiger partial charge in [-0.2, -0.15) is 0 Å². The predicted molar refractivity (Wildman–Crippen MR) is 85.5 cm³/mol. The number of aryl methyl sites for hydroxylation is 1. The summed E-state index contributed by atoms with van der Waals surface area (Å²) in [5, 5.41) is 19.6. The Labute approximate surface area is 137 Å². The molecule has 0 unspecified atom stereocenters. The van der Waals surface area contributed by atoms with E-state index in [0.29, 0.717) is 30.1 Å². The molecule has 0 saturated carbocycles. The van der Waals surface area contributed by atoms with Crippen LogP contribution in [-0.4, -0.2) is 38.0 Å². The maximum absolute atomic E-state index is 14.6. The number of imidazole rings is 1. The van der Waals surface area contributed by atoms with Crippen LogP contribution in [0.3, 0.4) is 0 Å². The van der Waals surface area contributed by atoms with E-state index in [9.17, 15) is 14.6 Å². The Balaban J connectivity index is 2.06. The van der Waals surface area contributed by atoms with E-state index in [1.54, 1.807) is 25.4 Å². The number of phenols is 2. The summed E-state index contributed by atoms with van der Waals surface area (Å²) < 4.78 is 21.9. The van der Waals surface area contributed by atoms with Crippen LogP contribution >= 0.6 is 0 Å². The highest BCUT2D eigenvalue weighted by atomic mass is 19.1. The molecule has 24 heavy (non-hydrogen) atoms. The number of benzene rings is 1. The van der Waals surface area contributed by atoms with Crippen molar-refractivity contribution in [3.05, 3.63) is 35.9 Å². The number of ether oxygens (including phenoxy) is 1. The molecule has 4 rings (SSSR count). The predicted octanol–water partition coefficient (Wildman–Crippen LogP) is 2.70. The molecule has 2 aromatic heterocycles. The van der Waals surface area contributed by atoms with Crippen molar-refractivity contribution in [2.24, 2.45) is 0 Å². The number of aromatic hydroxyl groups is 2. The van der Waals surface area contributed by atoms with Gasteiger partial charge >= 0.3 is 0 Å². The standard InChI is InChI=1S/C17H16FN3O3/c1-9-5-10(13(18)15(23)14(9)22)16-20-11-3-4-19-6-12(11)21(16)17(2)7-24-8-17/h3-6,22-23H,7-8H2,1-2H3. The molecule has 1 aliphatic heterocycles. The fraction of sp³-hybridized carbons (Fsp3) is 0.294. The maximum Gasteiger partial charge on any atom is 0.195 e. The zero-order valence-corrected chi connectivity index (χ0v) is 13.2. The lowest BCUT2D eigenvalue weighted by Crippen LogP contribution is -2.49. The van der Waals surface area contributed by atoms with Gasteiger partial charge in [0.2, 0.25) is 0 Å². The number of phenolic OH excluding ortho intramolecular Hbond substituents is 2. The van der Waals surface area contributed by atoms with Crippen molar-refractivity contribution in [1.29, 1.82) is 0 Å². The molecule has 0 atom stereocenters. The van der Waals surface area contributed by atoms with Crippen molar-refractivity contribution in [3.8, 4) is 22.9 Å². The Morgan fingerprint density at radius 3 is 2.71 bits per heavy atom. The first-order valence-electron chi connectivity index (χ1n) is 7.54. The molecule has 1 aromatic carbocycles. The molecule has 0 aliphatic carbocycles. The lowest BCUT2D eigenvalue weighted by molar-refractivity contribution is -0.0868. The third-order valence-corrected chi connectivity index (χ3v) is 4.47. The zero-order chi connectivity index (χ0) is 17.1. The SMILES string of the molecule is Cc1cc(-c2nc3ccncc3n2C2(C)COC2)c(F)c(O)c1O. The minimum absolute atomic E-state index is 0.132. The van der Waals surface area contributed by atoms with E-state index in [4.69, 9.17) is 4.74 Å². The lowest BCUT2D eigenvalue weighted by Gasteiger charge is -2.40. The average molecular weight is 329 g/mol. The first kappa shape index (κ1) is 14.9. The van der Waals surface area contributed by atoms with Gasteiger partial charge in [0.05, 0.1) is 41.5 Å². The zero-order valence-electron chi connectivity index (χ0n) is 13.2. The first-order chi connectivity index (χ1) is 11.4. The summed E-state index contributed by atoms with van der Waals surface area (Å²) in [5.41, 5.74) is 1.57. The number of nitrogens with zero attached hydrogens (tertiary/aromatic N) is 3. The fourth-order valence-electron chi connectivity index (χ4n) is 3.11. The van der Waals surface area contributed by atoms with Crippen LogP contribution in [0.4, 0.5) is 4.39 Å². The van der Waals surface area contributed by atoms with E-state index >= 15 is 0 Å². The van der Waals surface area contributed by atoms with E-state index in [1.807, 2.05) is 11.5 Å². The number of fused-ring (bicyclic) bond motifs is 1. The summed E-state index contributed by atoms with van der Waals surface area (Å²) in [7, 11) is 0. The molecule has 1 saturated heterocycles. The maximum atomic E-state index is 14.6. The molecule has 0 bridgehead atoms. The number of halogens is 1. The van der Waals surface area contributed by atoms with Gasteiger partial charge in [-0.15, -0.1) is 0 Å². The van der Waals surface area contributed by atoms with E-state index in [2.05, 4.69) is 9.97 Å². The average Bonchev–Trinajstić information content (AvgIpc) is 2.93. The van der Waals surface area contributed by atoms with Gasteiger partial charge in [-0.3, -0.25) is 4.98 Å². The largest absolute Gasteiger partial charge is 0.504 e.